The summed E-state index contributed by atoms with van der Waals surface area (Å²) < 4.78 is 19.9. The van der Waals surface area contributed by atoms with Crippen LogP contribution in [0.25, 0.3) is 22.6 Å². The van der Waals surface area contributed by atoms with E-state index in [1.165, 1.54) is 12.1 Å². The van der Waals surface area contributed by atoms with Crippen molar-refractivity contribution >= 4 is 34.3 Å². The summed E-state index contributed by atoms with van der Waals surface area (Å²) in [6.45, 7) is 1.96. The Bertz CT molecular complexity index is 1310. The Morgan fingerprint density at radius 1 is 1.17 bits per heavy atom. The maximum atomic E-state index is 14.1. The molecule has 0 atom stereocenters. The van der Waals surface area contributed by atoms with Crippen molar-refractivity contribution in [1.29, 1.82) is 5.26 Å². The number of nitrogens with zero attached hydrogens (tertiary/aromatic N) is 2. The van der Waals surface area contributed by atoms with E-state index in [2.05, 4.69) is 10.3 Å². The zero-order chi connectivity index (χ0) is 20.5. The normalized spacial score (nSPS) is 10.7. The third kappa shape index (κ3) is 3.68. The molecule has 1 aromatic heterocycles. The van der Waals surface area contributed by atoms with Gasteiger partial charge in [0.05, 0.1) is 27.9 Å². The van der Waals surface area contributed by atoms with Crippen molar-refractivity contribution in [2.24, 2.45) is 0 Å². The summed E-state index contributed by atoms with van der Waals surface area (Å²) >= 11 is 6.20. The molecule has 0 unspecified atom stereocenters. The lowest BCUT2D eigenvalue weighted by atomic mass is 10.1. The molecule has 0 radical (unpaired) electrons. The van der Waals surface area contributed by atoms with Crippen molar-refractivity contribution in [2.45, 2.75) is 6.92 Å². The van der Waals surface area contributed by atoms with Gasteiger partial charge in [0.2, 0.25) is 5.89 Å². The average molecular weight is 406 g/mol. The highest BCUT2D eigenvalue weighted by Gasteiger charge is 2.16. The summed E-state index contributed by atoms with van der Waals surface area (Å²) in [7, 11) is 0. The number of rotatable bonds is 3. The number of carbonyl (C=O) groups is 1. The highest BCUT2D eigenvalue weighted by atomic mass is 35.5. The molecule has 0 aliphatic rings. The second-order valence-electron chi connectivity index (χ2n) is 6.45. The summed E-state index contributed by atoms with van der Waals surface area (Å²) in [6, 6.07) is 16.1. The van der Waals surface area contributed by atoms with Gasteiger partial charge in [-0.05, 0) is 61.0 Å². The van der Waals surface area contributed by atoms with Crippen LogP contribution in [-0.2, 0) is 0 Å². The zero-order valence-electron chi connectivity index (χ0n) is 15.2. The first-order chi connectivity index (χ1) is 13.9. The van der Waals surface area contributed by atoms with Crippen molar-refractivity contribution < 1.29 is 13.6 Å². The lowest BCUT2D eigenvalue weighted by Crippen LogP contribution is -2.14. The molecule has 0 spiro atoms. The van der Waals surface area contributed by atoms with E-state index in [0.717, 1.165) is 17.1 Å². The fraction of sp³-hybridized carbons (Fsp3) is 0.0455. The molecule has 1 heterocycles. The molecule has 1 amide bonds. The van der Waals surface area contributed by atoms with Crippen LogP contribution >= 0.6 is 11.6 Å². The molecule has 5 nitrogen and oxygen atoms in total. The number of hydrogen-bond acceptors (Lipinski definition) is 4. The number of hydrogen-bond donors (Lipinski definition) is 1. The van der Waals surface area contributed by atoms with Crippen molar-refractivity contribution in [3.05, 3.63) is 82.1 Å². The van der Waals surface area contributed by atoms with E-state index in [0.29, 0.717) is 17.0 Å². The van der Waals surface area contributed by atoms with E-state index in [1.807, 2.05) is 31.2 Å². The van der Waals surface area contributed by atoms with Gasteiger partial charge in [0.15, 0.2) is 5.58 Å². The Labute approximate surface area is 170 Å². The van der Waals surface area contributed by atoms with E-state index in [9.17, 15) is 9.18 Å². The van der Waals surface area contributed by atoms with Gasteiger partial charge >= 0.3 is 0 Å². The Hall–Kier alpha value is -3.69. The number of benzene rings is 3. The summed E-state index contributed by atoms with van der Waals surface area (Å²) in [6.07, 6.45) is 0. The molecule has 4 aromatic rings. The largest absolute Gasteiger partial charge is 0.436 e. The molecule has 0 saturated carbocycles. The van der Waals surface area contributed by atoms with Gasteiger partial charge in [-0.2, -0.15) is 5.26 Å². The summed E-state index contributed by atoms with van der Waals surface area (Å²) in [5, 5.41) is 11.7. The molecule has 7 heteroatoms. The number of oxazole rings is 1. The first-order valence-electron chi connectivity index (χ1n) is 8.63. The van der Waals surface area contributed by atoms with Crippen molar-refractivity contribution in [3.63, 3.8) is 0 Å². The highest BCUT2D eigenvalue weighted by Crippen LogP contribution is 2.31. The summed E-state index contributed by atoms with van der Waals surface area (Å²) in [5.41, 5.74) is 3.26. The molecule has 29 heavy (non-hydrogen) atoms. The fourth-order valence-electron chi connectivity index (χ4n) is 2.87. The smallest absolute Gasteiger partial charge is 0.258 e. The summed E-state index contributed by atoms with van der Waals surface area (Å²) in [5.74, 6) is -1.09. The maximum absolute atomic E-state index is 14.1. The predicted octanol–water partition coefficient (Wildman–Crippen LogP) is 5.72. The van der Waals surface area contributed by atoms with Gasteiger partial charge in [0.1, 0.15) is 11.3 Å². The lowest BCUT2D eigenvalue weighted by molar-refractivity contribution is 0.102. The number of aryl methyl sites for hydroxylation is 1. The zero-order valence-corrected chi connectivity index (χ0v) is 15.9. The maximum Gasteiger partial charge on any atom is 0.258 e. The van der Waals surface area contributed by atoms with Crippen LogP contribution in [0.4, 0.5) is 10.1 Å². The molecule has 1 N–H and O–H groups in total. The van der Waals surface area contributed by atoms with Crippen LogP contribution < -0.4 is 5.32 Å². The number of halogens is 2. The van der Waals surface area contributed by atoms with Gasteiger partial charge < -0.3 is 9.73 Å². The Morgan fingerprint density at radius 2 is 2.00 bits per heavy atom. The Kier molecular flexibility index (Phi) is 4.75. The number of fused-ring (bicyclic) bond motifs is 1. The number of nitrogens with one attached hydrogen (secondary N) is 1. The predicted molar refractivity (Wildman–Crippen MR) is 108 cm³/mol. The number of carbonyl (C=O) groups excluding carboxylic acids is 1. The van der Waals surface area contributed by atoms with Crippen molar-refractivity contribution in [2.75, 3.05) is 5.32 Å². The standard InChI is InChI=1S/C22H13ClFN3O2/c1-12-2-7-20-19(8-12)27-22(29-20)14-4-6-16(23)18(10-14)26-21(28)15-5-3-13(11-25)9-17(15)24/h2-10H,1H3,(H,26,28). The molecule has 142 valence electrons. The van der Waals surface area contributed by atoms with Crippen molar-refractivity contribution in [3.8, 4) is 17.5 Å². The van der Waals surface area contributed by atoms with Crippen LogP contribution in [-0.4, -0.2) is 10.9 Å². The van der Waals surface area contributed by atoms with Crippen LogP contribution in [0.15, 0.2) is 59.0 Å². The second-order valence-corrected chi connectivity index (χ2v) is 6.85. The molecule has 0 saturated heterocycles. The highest BCUT2D eigenvalue weighted by molar-refractivity contribution is 6.34. The van der Waals surface area contributed by atoms with Gasteiger partial charge in [-0.3, -0.25) is 4.79 Å². The van der Waals surface area contributed by atoms with Gasteiger partial charge in [-0.15, -0.1) is 0 Å². The molecule has 0 fully saturated rings. The van der Waals surface area contributed by atoms with Crippen LogP contribution in [0.2, 0.25) is 5.02 Å². The second kappa shape index (κ2) is 7.38. The topological polar surface area (TPSA) is 78.9 Å². The Balaban J connectivity index is 1.66. The van der Waals surface area contributed by atoms with Gasteiger partial charge in [0.25, 0.3) is 5.91 Å². The third-order valence-corrected chi connectivity index (χ3v) is 4.68. The molecule has 4 rings (SSSR count). The van der Waals surface area contributed by atoms with Crippen molar-refractivity contribution in [1.82, 2.24) is 4.98 Å². The van der Waals surface area contributed by atoms with Gasteiger partial charge in [0, 0.05) is 5.56 Å². The molecule has 0 bridgehead atoms. The SMILES string of the molecule is Cc1ccc2oc(-c3ccc(Cl)c(NC(=O)c4ccc(C#N)cc4F)c3)nc2c1. The van der Waals surface area contributed by atoms with E-state index in [1.54, 1.807) is 18.2 Å². The number of amides is 1. The first kappa shape index (κ1) is 18.7. The lowest BCUT2D eigenvalue weighted by Gasteiger charge is -2.09. The number of nitriles is 1. The molecular formula is C22H13ClFN3O2. The third-order valence-electron chi connectivity index (χ3n) is 4.35. The van der Waals surface area contributed by atoms with Crippen LogP contribution in [0.3, 0.4) is 0 Å². The molecular weight excluding hydrogens is 393 g/mol. The minimum Gasteiger partial charge on any atom is -0.436 e. The Morgan fingerprint density at radius 3 is 2.76 bits per heavy atom. The van der Waals surface area contributed by atoms with E-state index >= 15 is 0 Å². The quantitative estimate of drug-likeness (QED) is 0.472. The fourth-order valence-corrected chi connectivity index (χ4v) is 3.04. The summed E-state index contributed by atoms with van der Waals surface area (Å²) in [4.78, 5) is 17.0. The molecule has 0 aliphatic heterocycles. The van der Waals surface area contributed by atoms with E-state index < -0.39 is 11.7 Å². The van der Waals surface area contributed by atoms with Gasteiger partial charge in [-0.1, -0.05) is 17.7 Å². The van der Waals surface area contributed by atoms with Crippen LogP contribution in [0.1, 0.15) is 21.5 Å². The molecule has 0 aliphatic carbocycles. The first-order valence-corrected chi connectivity index (χ1v) is 9.00. The number of anilines is 1. The minimum absolute atomic E-state index is 0.130. The minimum atomic E-state index is -0.789. The number of aromatic nitrogens is 1. The van der Waals surface area contributed by atoms with E-state index in [4.69, 9.17) is 21.3 Å². The van der Waals surface area contributed by atoms with E-state index in [-0.39, 0.29) is 21.8 Å². The molecule has 3 aromatic carbocycles. The van der Waals surface area contributed by atoms with Crippen LogP contribution in [0, 0.1) is 24.1 Å². The van der Waals surface area contributed by atoms with Crippen LogP contribution in [0.5, 0.6) is 0 Å². The van der Waals surface area contributed by atoms with Gasteiger partial charge in [-0.25, -0.2) is 9.37 Å². The average Bonchev–Trinajstić information content (AvgIpc) is 3.12. The monoisotopic (exact) mass is 405 g/mol.